The fraction of sp³-hybridized carbons (Fsp3) is 0.269. The molecule has 3 aromatic carbocycles. The van der Waals surface area contributed by atoms with Crippen LogP contribution in [0.15, 0.2) is 66.7 Å². The van der Waals surface area contributed by atoms with Gasteiger partial charge in [-0.25, -0.2) is 0 Å². The van der Waals surface area contributed by atoms with Gasteiger partial charge in [0, 0.05) is 19.2 Å². The first-order valence-corrected chi connectivity index (χ1v) is 11.0. The molecule has 0 aromatic heterocycles. The highest BCUT2D eigenvalue weighted by molar-refractivity contribution is 7.80. The molecule has 0 bridgehead atoms. The number of nitrogens with one attached hydrogen (secondary N) is 1. The summed E-state index contributed by atoms with van der Waals surface area (Å²) in [6.07, 6.45) is 1.02. The van der Waals surface area contributed by atoms with Gasteiger partial charge in [-0.05, 0) is 59.6 Å². The molecule has 168 valence electrons. The minimum Gasteiger partial charge on any atom is -0.497 e. The van der Waals surface area contributed by atoms with Crippen molar-refractivity contribution in [3.8, 4) is 17.2 Å². The third kappa shape index (κ3) is 6.14. The highest BCUT2D eigenvalue weighted by atomic mass is 32.1. The average Bonchev–Trinajstić information content (AvgIpc) is 2.84. The second-order valence-corrected chi connectivity index (χ2v) is 7.76. The Bertz CT molecular complexity index is 971. The minimum absolute atomic E-state index is 0.615. The number of ether oxygens (including phenoxy) is 3. The first-order chi connectivity index (χ1) is 15.6. The normalized spacial score (nSPS) is 10.4. The number of thiocarbonyl (C=S) groups is 1. The first-order valence-electron chi connectivity index (χ1n) is 10.5. The molecule has 32 heavy (non-hydrogen) atoms. The molecule has 0 aliphatic heterocycles. The van der Waals surface area contributed by atoms with E-state index in [9.17, 15) is 0 Å². The molecular formula is C26H30N2O3S. The Kier molecular flexibility index (Phi) is 8.34. The fourth-order valence-corrected chi connectivity index (χ4v) is 3.59. The molecule has 3 aromatic rings. The predicted molar refractivity (Wildman–Crippen MR) is 134 cm³/mol. The second kappa shape index (κ2) is 11.4. The Morgan fingerprint density at radius 2 is 1.28 bits per heavy atom. The molecule has 0 saturated heterocycles. The number of methoxy groups -OCH3 is 3. The van der Waals surface area contributed by atoms with Crippen LogP contribution in [0.4, 0.5) is 5.69 Å². The van der Waals surface area contributed by atoms with E-state index < -0.39 is 0 Å². The van der Waals surface area contributed by atoms with Gasteiger partial charge in [0.2, 0.25) is 0 Å². The fourth-order valence-electron chi connectivity index (χ4n) is 3.35. The van der Waals surface area contributed by atoms with Gasteiger partial charge in [0.15, 0.2) is 5.11 Å². The number of anilines is 1. The van der Waals surface area contributed by atoms with Crippen molar-refractivity contribution < 1.29 is 14.2 Å². The van der Waals surface area contributed by atoms with Crippen molar-refractivity contribution >= 4 is 23.0 Å². The maximum Gasteiger partial charge on any atom is 0.174 e. The van der Waals surface area contributed by atoms with Gasteiger partial charge in [0.25, 0.3) is 0 Å². The average molecular weight is 451 g/mol. The largest absolute Gasteiger partial charge is 0.497 e. The van der Waals surface area contributed by atoms with E-state index in [1.807, 2.05) is 30.3 Å². The molecule has 0 saturated carbocycles. The molecule has 0 fully saturated rings. The van der Waals surface area contributed by atoms with Crippen LogP contribution in [0.3, 0.4) is 0 Å². The summed E-state index contributed by atoms with van der Waals surface area (Å²) in [7, 11) is 4.93. The van der Waals surface area contributed by atoms with Crippen LogP contribution in [0.2, 0.25) is 0 Å². The van der Waals surface area contributed by atoms with Crippen molar-refractivity contribution in [2.75, 3.05) is 26.6 Å². The van der Waals surface area contributed by atoms with E-state index in [0.717, 1.165) is 29.2 Å². The lowest BCUT2D eigenvalue weighted by Gasteiger charge is -2.27. The van der Waals surface area contributed by atoms with Gasteiger partial charge in [0.05, 0.1) is 27.0 Å². The van der Waals surface area contributed by atoms with Crippen LogP contribution >= 0.6 is 12.2 Å². The summed E-state index contributed by atoms with van der Waals surface area (Å²) in [4.78, 5) is 2.14. The van der Waals surface area contributed by atoms with E-state index >= 15 is 0 Å². The summed E-state index contributed by atoms with van der Waals surface area (Å²) in [5.74, 6) is 2.23. The van der Waals surface area contributed by atoms with Crippen molar-refractivity contribution in [2.45, 2.75) is 26.4 Å². The van der Waals surface area contributed by atoms with Crippen LogP contribution in [-0.2, 0) is 19.5 Å². The van der Waals surface area contributed by atoms with Gasteiger partial charge in [-0.1, -0.05) is 43.3 Å². The molecule has 5 nitrogen and oxygen atoms in total. The molecule has 1 N–H and O–H groups in total. The third-order valence-electron chi connectivity index (χ3n) is 5.27. The summed E-state index contributed by atoms with van der Waals surface area (Å²) in [5, 5.41) is 3.97. The molecule has 0 radical (unpaired) electrons. The van der Waals surface area contributed by atoms with Crippen LogP contribution in [-0.4, -0.2) is 31.3 Å². The summed E-state index contributed by atoms with van der Waals surface area (Å²) in [5.41, 5.74) is 4.45. The lowest BCUT2D eigenvalue weighted by atomic mass is 10.1. The molecule has 0 aliphatic rings. The SMILES string of the molecule is CCc1ccc(CN(Cc2ccc(OC)cc2)C(=S)Nc2ccc(OC)cc2OC)cc1. The molecule has 0 heterocycles. The predicted octanol–water partition coefficient (Wildman–Crippen LogP) is 5.67. The Balaban J connectivity index is 1.83. The third-order valence-corrected chi connectivity index (χ3v) is 5.63. The topological polar surface area (TPSA) is 43.0 Å². The molecule has 0 unspecified atom stereocenters. The zero-order valence-corrected chi connectivity index (χ0v) is 19.9. The number of hydrogen-bond donors (Lipinski definition) is 1. The smallest absolute Gasteiger partial charge is 0.174 e. The van der Waals surface area contributed by atoms with E-state index in [1.165, 1.54) is 11.1 Å². The zero-order valence-electron chi connectivity index (χ0n) is 19.1. The number of aryl methyl sites for hydroxylation is 1. The molecule has 0 spiro atoms. The van der Waals surface area contributed by atoms with Crippen LogP contribution < -0.4 is 19.5 Å². The molecule has 6 heteroatoms. The molecule has 0 atom stereocenters. The standard InChI is InChI=1S/C26H30N2O3S/c1-5-19-6-8-20(9-7-19)17-28(18-21-10-12-22(29-2)13-11-21)26(32)27-24-15-14-23(30-3)16-25(24)31-4/h6-16H,5,17-18H2,1-4H3,(H,27,32). The van der Waals surface area contributed by atoms with Gasteiger partial charge in [0.1, 0.15) is 17.2 Å². The lowest BCUT2D eigenvalue weighted by Crippen LogP contribution is -2.34. The van der Waals surface area contributed by atoms with Crippen molar-refractivity contribution in [1.29, 1.82) is 0 Å². The number of nitrogens with zero attached hydrogens (tertiary/aromatic N) is 1. The van der Waals surface area contributed by atoms with Gasteiger partial charge in [-0.2, -0.15) is 0 Å². The van der Waals surface area contributed by atoms with Gasteiger partial charge < -0.3 is 24.4 Å². The van der Waals surface area contributed by atoms with Gasteiger partial charge >= 0.3 is 0 Å². The molecular weight excluding hydrogens is 420 g/mol. The molecule has 0 aliphatic carbocycles. The van der Waals surface area contributed by atoms with Crippen LogP contribution in [0.1, 0.15) is 23.6 Å². The quantitative estimate of drug-likeness (QED) is 0.424. The molecule has 0 amide bonds. The van der Waals surface area contributed by atoms with Gasteiger partial charge in [-0.3, -0.25) is 0 Å². The van der Waals surface area contributed by atoms with E-state index in [4.69, 9.17) is 26.4 Å². The monoisotopic (exact) mass is 450 g/mol. The molecule has 3 rings (SSSR count). The van der Waals surface area contributed by atoms with E-state index in [0.29, 0.717) is 24.0 Å². The number of rotatable bonds is 9. The van der Waals surface area contributed by atoms with Crippen molar-refractivity contribution in [3.63, 3.8) is 0 Å². The number of hydrogen-bond acceptors (Lipinski definition) is 4. The van der Waals surface area contributed by atoms with Crippen molar-refractivity contribution in [2.24, 2.45) is 0 Å². The number of benzene rings is 3. The second-order valence-electron chi connectivity index (χ2n) is 7.37. The first kappa shape index (κ1) is 23.4. The van der Waals surface area contributed by atoms with E-state index in [2.05, 4.69) is 53.5 Å². The van der Waals surface area contributed by atoms with Gasteiger partial charge in [-0.15, -0.1) is 0 Å². The Morgan fingerprint density at radius 1 is 0.750 bits per heavy atom. The van der Waals surface area contributed by atoms with Crippen LogP contribution in [0, 0.1) is 0 Å². The van der Waals surface area contributed by atoms with Crippen LogP contribution in [0.25, 0.3) is 0 Å². The van der Waals surface area contributed by atoms with E-state index in [-0.39, 0.29) is 0 Å². The maximum atomic E-state index is 5.83. The summed E-state index contributed by atoms with van der Waals surface area (Å²) in [6, 6.07) is 22.3. The summed E-state index contributed by atoms with van der Waals surface area (Å²) < 4.78 is 16.1. The minimum atomic E-state index is 0.615. The zero-order chi connectivity index (χ0) is 22.9. The Labute approximate surface area is 195 Å². The van der Waals surface area contributed by atoms with Crippen LogP contribution in [0.5, 0.6) is 17.2 Å². The summed E-state index contributed by atoms with van der Waals surface area (Å²) >= 11 is 5.83. The maximum absolute atomic E-state index is 5.83. The highest BCUT2D eigenvalue weighted by Gasteiger charge is 2.14. The Morgan fingerprint density at radius 3 is 1.81 bits per heavy atom. The van der Waals surface area contributed by atoms with E-state index in [1.54, 1.807) is 21.3 Å². The lowest BCUT2D eigenvalue weighted by molar-refractivity contribution is 0.394. The van der Waals surface area contributed by atoms with Crippen molar-refractivity contribution in [3.05, 3.63) is 83.4 Å². The van der Waals surface area contributed by atoms with Crippen molar-refractivity contribution in [1.82, 2.24) is 4.90 Å². The summed E-state index contributed by atoms with van der Waals surface area (Å²) in [6.45, 7) is 3.50. The highest BCUT2D eigenvalue weighted by Crippen LogP contribution is 2.29. The Hall–Kier alpha value is -3.25.